The van der Waals surface area contributed by atoms with Crippen molar-refractivity contribution in [3.63, 3.8) is 0 Å². The first-order valence-electron chi connectivity index (χ1n) is 8.91. The van der Waals surface area contributed by atoms with E-state index in [1.165, 1.54) is 6.92 Å². The first-order valence-corrected chi connectivity index (χ1v) is 8.91. The van der Waals surface area contributed by atoms with Gasteiger partial charge in [-0.25, -0.2) is 4.79 Å². The lowest BCUT2D eigenvalue weighted by molar-refractivity contribution is -0.130. The molecule has 1 aliphatic carbocycles. The molecule has 1 amide bonds. The monoisotopic (exact) mass is 368 g/mol. The topological polar surface area (TPSA) is 109 Å². The van der Waals surface area contributed by atoms with Crippen LogP contribution in [-0.2, 0) is 9.53 Å². The maximum atomic E-state index is 12.4. The molecule has 2 aromatic rings. The smallest absolute Gasteiger partial charge is 0.375 e. The Bertz CT molecular complexity index is 966. The van der Waals surface area contributed by atoms with Crippen LogP contribution < -0.4 is 10.7 Å². The number of amides is 1. The fraction of sp³-hybridized carbons (Fsp3) is 0.400. The predicted octanol–water partition coefficient (Wildman–Crippen LogP) is 2.68. The van der Waals surface area contributed by atoms with Crippen molar-refractivity contribution in [2.75, 3.05) is 0 Å². The van der Waals surface area contributed by atoms with Gasteiger partial charge >= 0.3 is 5.97 Å². The summed E-state index contributed by atoms with van der Waals surface area (Å²) in [6.45, 7) is 1.42. The van der Waals surface area contributed by atoms with Crippen LogP contribution in [0.25, 0.3) is 11.0 Å². The summed E-state index contributed by atoms with van der Waals surface area (Å²) in [6.07, 6.45) is 2.80. The predicted molar refractivity (Wildman–Crippen MR) is 96.9 cm³/mol. The van der Waals surface area contributed by atoms with Crippen LogP contribution >= 0.6 is 0 Å². The summed E-state index contributed by atoms with van der Waals surface area (Å²) in [5.41, 5.74) is -1.02. The number of carbonyl (C=O) groups is 2. The van der Waals surface area contributed by atoms with Gasteiger partial charge < -0.3 is 14.5 Å². The Morgan fingerprint density at radius 3 is 2.67 bits per heavy atom. The third-order valence-electron chi connectivity index (χ3n) is 4.77. The van der Waals surface area contributed by atoms with Gasteiger partial charge in [-0.1, -0.05) is 31.4 Å². The quantitative estimate of drug-likeness (QED) is 0.831. The molecule has 1 N–H and O–H groups in total. The molecule has 1 heterocycles. The molecule has 0 saturated heterocycles. The number of fused-ring (bicyclic) bond motifs is 1. The number of carbonyl (C=O) groups excluding carboxylic acids is 2. The van der Waals surface area contributed by atoms with E-state index in [9.17, 15) is 19.6 Å². The van der Waals surface area contributed by atoms with Gasteiger partial charge in [0.2, 0.25) is 5.76 Å². The van der Waals surface area contributed by atoms with Crippen LogP contribution in [0, 0.1) is 11.3 Å². The molecule has 27 heavy (non-hydrogen) atoms. The maximum absolute atomic E-state index is 12.4. The number of nitrogens with zero attached hydrogens (tertiary/aromatic N) is 1. The summed E-state index contributed by atoms with van der Waals surface area (Å²) in [5.74, 6) is -1.73. The summed E-state index contributed by atoms with van der Waals surface area (Å²) in [7, 11) is 0. The van der Waals surface area contributed by atoms with E-state index in [1.54, 1.807) is 24.3 Å². The van der Waals surface area contributed by atoms with Crippen LogP contribution in [0.15, 0.2) is 39.5 Å². The number of benzene rings is 1. The average Bonchev–Trinajstić information content (AvgIpc) is 2.68. The van der Waals surface area contributed by atoms with E-state index >= 15 is 0 Å². The van der Waals surface area contributed by atoms with Crippen LogP contribution in [0.4, 0.5) is 0 Å². The second kappa shape index (κ2) is 7.62. The van der Waals surface area contributed by atoms with Crippen molar-refractivity contribution in [2.45, 2.75) is 50.7 Å². The van der Waals surface area contributed by atoms with Crippen LogP contribution in [0.5, 0.6) is 0 Å². The van der Waals surface area contributed by atoms with Crippen LogP contribution in [-0.4, -0.2) is 23.5 Å². The highest BCUT2D eigenvalue weighted by atomic mass is 16.6. The molecule has 7 nitrogen and oxygen atoms in total. The average molecular weight is 368 g/mol. The largest absolute Gasteiger partial charge is 0.449 e. The Balaban J connectivity index is 1.71. The Morgan fingerprint density at radius 1 is 1.26 bits per heavy atom. The molecule has 1 atom stereocenters. The van der Waals surface area contributed by atoms with E-state index in [-0.39, 0.29) is 16.8 Å². The fourth-order valence-corrected chi connectivity index (χ4v) is 3.23. The van der Waals surface area contributed by atoms with Crippen LogP contribution in [0.3, 0.4) is 0 Å². The summed E-state index contributed by atoms with van der Waals surface area (Å²) >= 11 is 0. The highest BCUT2D eigenvalue weighted by Crippen LogP contribution is 2.27. The zero-order valence-electron chi connectivity index (χ0n) is 15.0. The minimum absolute atomic E-state index is 0.264. The van der Waals surface area contributed by atoms with E-state index < -0.39 is 23.5 Å². The Morgan fingerprint density at radius 2 is 1.96 bits per heavy atom. The van der Waals surface area contributed by atoms with Crippen molar-refractivity contribution in [1.29, 1.82) is 5.26 Å². The van der Waals surface area contributed by atoms with Gasteiger partial charge in [0.1, 0.15) is 11.1 Å². The molecule has 1 aliphatic rings. The molecule has 3 rings (SSSR count). The number of nitriles is 1. The van der Waals surface area contributed by atoms with E-state index in [1.807, 2.05) is 0 Å². The van der Waals surface area contributed by atoms with Gasteiger partial charge in [-0.2, -0.15) is 5.26 Å². The number of esters is 1. The number of rotatable bonds is 4. The van der Waals surface area contributed by atoms with Crippen molar-refractivity contribution in [1.82, 2.24) is 5.32 Å². The van der Waals surface area contributed by atoms with Crippen molar-refractivity contribution >= 4 is 22.8 Å². The first-order chi connectivity index (χ1) is 12.9. The molecule has 0 radical (unpaired) electrons. The second-order valence-electron chi connectivity index (χ2n) is 6.76. The van der Waals surface area contributed by atoms with Gasteiger partial charge in [0, 0.05) is 6.07 Å². The molecule has 1 fully saturated rings. The number of para-hydroxylation sites is 1. The van der Waals surface area contributed by atoms with Crippen molar-refractivity contribution in [3.05, 3.63) is 46.3 Å². The Hall–Kier alpha value is -3.14. The minimum atomic E-state index is -1.12. The fourth-order valence-electron chi connectivity index (χ4n) is 3.23. The molecule has 1 aromatic heterocycles. The lowest BCUT2D eigenvalue weighted by atomic mass is 9.83. The summed E-state index contributed by atoms with van der Waals surface area (Å²) < 4.78 is 10.6. The lowest BCUT2D eigenvalue weighted by Gasteiger charge is -2.32. The molecule has 0 spiro atoms. The van der Waals surface area contributed by atoms with Gasteiger partial charge in [0.15, 0.2) is 11.5 Å². The van der Waals surface area contributed by atoms with Crippen LogP contribution in [0.2, 0.25) is 0 Å². The van der Waals surface area contributed by atoms with Gasteiger partial charge in [-0.15, -0.1) is 0 Å². The van der Waals surface area contributed by atoms with Crippen molar-refractivity contribution in [3.8, 4) is 6.07 Å². The van der Waals surface area contributed by atoms with Crippen molar-refractivity contribution in [2.24, 2.45) is 0 Å². The molecule has 0 unspecified atom stereocenters. The molecular formula is C20H20N2O5. The van der Waals surface area contributed by atoms with Crippen molar-refractivity contribution < 1.29 is 18.7 Å². The lowest BCUT2D eigenvalue weighted by Crippen LogP contribution is -2.52. The molecule has 0 aliphatic heterocycles. The molecule has 1 aromatic carbocycles. The third kappa shape index (κ3) is 4.00. The minimum Gasteiger partial charge on any atom is -0.449 e. The molecular weight excluding hydrogens is 348 g/mol. The molecule has 0 bridgehead atoms. The van der Waals surface area contributed by atoms with Gasteiger partial charge in [-0.3, -0.25) is 9.59 Å². The van der Waals surface area contributed by atoms with Gasteiger partial charge in [-0.05, 0) is 31.9 Å². The molecule has 7 heteroatoms. The van der Waals surface area contributed by atoms with E-state index in [0.29, 0.717) is 18.2 Å². The summed E-state index contributed by atoms with van der Waals surface area (Å²) in [6, 6.07) is 9.78. The van der Waals surface area contributed by atoms with E-state index in [2.05, 4.69) is 11.4 Å². The second-order valence-corrected chi connectivity index (χ2v) is 6.76. The standard InChI is InChI=1S/C20H20N2O5/c1-13(18(24)22-20(12-21)9-5-2-6-10-20)26-19(25)17-11-15(23)14-7-3-4-8-16(14)27-17/h3-4,7-8,11,13H,2,5-6,9-10H2,1H3,(H,22,24)/t13-/m0/s1. The van der Waals surface area contributed by atoms with Crippen LogP contribution in [0.1, 0.15) is 49.6 Å². The zero-order chi connectivity index (χ0) is 19.4. The first kappa shape index (κ1) is 18.6. The van der Waals surface area contributed by atoms with E-state index in [0.717, 1.165) is 25.3 Å². The number of nitrogens with one attached hydrogen (secondary N) is 1. The maximum Gasteiger partial charge on any atom is 0.375 e. The highest BCUT2D eigenvalue weighted by molar-refractivity contribution is 5.91. The number of hydrogen-bond acceptors (Lipinski definition) is 6. The molecule has 140 valence electrons. The normalized spacial score (nSPS) is 16.9. The number of hydrogen-bond donors (Lipinski definition) is 1. The third-order valence-corrected chi connectivity index (χ3v) is 4.77. The SMILES string of the molecule is C[C@H](OC(=O)c1cc(=O)c2ccccc2o1)C(=O)NC1(C#N)CCCCC1. The Labute approximate surface area is 155 Å². The van der Waals surface area contributed by atoms with Gasteiger partial charge in [0.05, 0.1) is 11.5 Å². The Kier molecular flexibility index (Phi) is 5.26. The summed E-state index contributed by atoms with van der Waals surface area (Å²) in [4.78, 5) is 36.8. The van der Waals surface area contributed by atoms with Gasteiger partial charge in [0.25, 0.3) is 5.91 Å². The number of ether oxygens (including phenoxy) is 1. The molecule has 1 saturated carbocycles. The zero-order valence-corrected chi connectivity index (χ0v) is 15.0. The van der Waals surface area contributed by atoms with E-state index in [4.69, 9.17) is 9.15 Å². The highest BCUT2D eigenvalue weighted by Gasteiger charge is 2.35. The summed E-state index contributed by atoms with van der Waals surface area (Å²) in [5, 5.41) is 12.5.